The van der Waals surface area contributed by atoms with Crippen LogP contribution in [0.2, 0.25) is 0 Å². The molecule has 16 heavy (non-hydrogen) atoms. The van der Waals surface area contributed by atoms with Crippen molar-refractivity contribution in [1.82, 2.24) is 4.57 Å². The van der Waals surface area contributed by atoms with Crippen molar-refractivity contribution in [1.29, 1.82) is 0 Å². The summed E-state index contributed by atoms with van der Waals surface area (Å²) >= 11 is 7.36. The lowest BCUT2D eigenvalue weighted by atomic mass is 10.1. The minimum Gasteiger partial charge on any atom is -0.344 e. The number of aryl methyl sites for hydroxylation is 1. The highest BCUT2D eigenvalue weighted by molar-refractivity contribution is 9.25. The zero-order valence-electron chi connectivity index (χ0n) is 8.87. The number of nitrogens with zero attached hydrogens (tertiary/aromatic N) is 1. The van der Waals surface area contributed by atoms with E-state index in [4.69, 9.17) is 0 Å². The van der Waals surface area contributed by atoms with Crippen molar-refractivity contribution >= 4 is 54.9 Å². The van der Waals surface area contributed by atoms with E-state index in [2.05, 4.69) is 79.9 Å². The maximum atomic E-state index is 3.68. The Bertz CT molecular complexity index is 680. The number of fused-ring (bicyclic) bond motifs is 3. The predicted molar refractivity (Wildman–Crippen MR) is 76.3 cm³/mol. The molecular weight excluding hydrogens is 330 g/mol. The SMILES string of the molecule is Cn1c2c(c3ccccc31)=CC(Br)(Br)CC=2. The molecule has 1 aromatic carbocycles. The van der Waals surface area contributed by atoms with Crippen molar-refractivity contribution < 1.29 is 0 Å². The summed E-state index contributed by atoms with van der Waals surface area (Å²) in [7, 11) is 2.13. The van der Waals surface area contributed by atoms with Crippen LogP contribution >= 0.6 is 31.9 Å². The molecular formula is C13H11Br2N. The van der Waals surface area contributed by atoms with Crippen LogP contribution < -0.4 is 10.6 Å². The number of hydrogen-bond acceptors (Lipinski definition) is 0. The van der Waals surface area contributed by atoms with E-state index in [1.165, 1.54) is 21.5 Å². The first-order valence-corrected chi connectivity index (χ1v) is 6.81. The van der Waals surface area contributed by atoms with Gasteiger partial charge in [0.25, 0.3) is 0 Å². The largest absolute Gasteiger partial charge is 0.344 e. The maximum Gasteiger partial charge on any atom is 0.103 e. The maximum absolute atomic E-state index is 3.68. The molecule has 3 rings (SSSR count). The van der Waals surface area contributed by atoms with Gasteiger partial charge in [-0.1, -0.05) is 56.1 Å². The summed E-state index contributed by atoms with van der Waals surface area (Å²) < 4.78 is 2.17. The van der Waals surface area contributed by atoms with Crippen molar-refractivity contribution in [2.75, 3.05) is 0 Å². The van der Waals surface area contributed by atoms with Crippen molar-refractivity contribution in [2.24, 2.45) is 7.05 Å². The van der Waals surface area contributed by atoms with E-state index in [-0.39, 0.29) is 3.23 Å². The Morgan fingerprint density at radius 2 is 2.00 bits per heavy atom. The van der Waals surface area contributed by atoms with Crippen LogP contribution in [0, 0.1) is 0 Å². The highest BCUT2D eigenvalue weighted by Gasteiger charge is 2.22. The summed E-state index contributed by atoms with van der Waals surface area (Å²) in [5.41, 5.74) is 1.29. The molecule has 0 bridgehead atoms. The second-order valence-electron chi connectivity index (χ2n) is 4.19. The molecule has 0 saturated heterocycles. The van der Waals surface area contributed by atoms with E-state index in [1.54, 1.807) is 0 Å². The Kier molecular flexibility index (Phi) is 2.30. The van der Waals surface area contributed by atoms with Gasteiger partial charge in [0.05, 0.1) is 0 Å². The summed E-state index contributed by atoms with van der Waals surface area (Å²) in [4.78, 5) is 0. The molecule has 0 amide bonds. The van der Waals surface area contributed by atoms with Crippen molar-refractivity contribution in [3.05, 3.63) is 34.8 Å². The number of halogens is 2. The minimum atomic E-state index is -0.0862. The molecule has 0 spiro atoms. The van der Waals surface area contributed by atoms with E-state index in [1.807, 2.05) is 0 Å². The van der Waals surface area contributed by atoms with Gasteiger partial charge in [-0.3, -0.25) is 0 Å². The third kappa shape index (κ3) is 1.49. The normalized spacial score (nSPS) is 17.7. The van der Waals surface area contributed by atoms with Gasteiger partial charge in [0.1, 0.15) is 3.23 Å². The lowest BCUT2D eigenvalue weighted by molar-refractivity contribution is 0.909. The predicted octanol–water partition coefficient (Wildman–Crippen LogP) is 2.63. The topological polar surface area (TPSA) is 4.93 Å². The lowest BCUT2D eigenvalue weighted by Gasteiger charge is -2.15. The van der Waals surface area contributed by atoms with Crippen LogP contribution in [0.25, 0.3) is 23.1 Å². The first-order chi connectivity index (χ1) is 7.58. The molecule has 0 radical (unpaired) electrons. The van der Waals surface area contributed by atoms with E-state index < -0.39 is 0 Å². The summed E-state index contributed by atoms with van der Waals surface area (Å²) in [6, 6.07) is 8.53. The fraction of sp³-hybridized carbons (Fsp3) is 0.231. The lowest BCUT2D eigenvalue weighted by Crippen LogP contribution is -2.34. The number of alkyl halides is 2. The van der Waals surface area contributed by atoms with Crippen LogP contribution in [-0.4, -0.2) is 7.80 Å². The summed E-state index contributed by atoms with van der Waals surface area (Å²) in [5, 5.41) is 3.95. The van der Waals surface area contributed by atoms with Crippen LogP contribution in [0.15, 0.2) is 24.3 Å². The zero-order valence-corrected chi connectivity index (χ0v) is 12.0. The molecule has 1 aliphatic rings. The molecule has 1 aliphatic carbocycles. The van der Waals surface area contributed by atoms with Crippen molar-refractivity contribution in [3.8, 4) is 0 Å². The molecule has 3 heteroatoms. The van der Waals surface area contributed by atoms with Gasteiger partial charge in [-0.2, -0.15) is 0 Å². The van der Waals surface area contributed by atoms with E-state index in [9.17, 15) is 0 Å². The Morgan fingerprint density at radius 1 is 1.25 bits per heavy atom. The molecule has 1 nitrogen and oxygen atoms in total. The molecule has 1 heterocycles. The van der Waals surface area contributed by atoms with Crippen LogP contribution in [0.4, 0.5) is 0 Å². The number of para-hydroxylation sites is 1. The van der Waals surface area contributed by atoms with E-state index in [0.717, 1.165) is 6.42 Å². The van der Waals surface area contributed by atoms with Crippen molar-refractivity contribution in [2.45, 2.75) is 9.65 Å². The van der Waals surface area contributed by atoms with Crippen LogP contribution in [0.1, 0.15) is 6.42 Å². The second-order valence-corrected chi connectivity index (χ2v) is 8.08. The number of benzene rings is 1. The molecule has 0 atom stereocenters. The third-order valence-corrected chi connectivity index (χ3v) is 4.22. The number of hydrogen-bond donors (Lipinski definition) is 0. The fourth-order valence-corrected chi connectivity index (χ4v) is 3.13. The minimum absolute atomic E-state index is 0.0862. The summed E-state index contributed by atoms with van der Waals surface area (Å²) in [5.74, 6) is 0. The molecule has 2 aromatic rings. The van der Waals surface area contributed by atoms with Crippen LogP contribution in [-0.2, 0) is 7.05 Å². The molecule has 0 unspecified atom stereocenters. The average Bonchev–Trinajstić information content (AvgIpc) is 2.52. The summed E-state index contributed by atoms with van der Waals surface area (Å²) in [6.45, 7) is 0. The molecule has 0 fully saturated rings. The molecule has 0 aliphatic heterocycles. The van der Waals surface area contributed by atoms with Gasteiger partial charge >= 0.3 is 0 Å². The fourth-order valence-electron chi connectivity index (χ4n) is 2.34. The van der Waals surface area contributed by atoms with Crippen LogP contribution in [0.5, 0.6) is 0 Å². The molecule has 82 valence electrons. The van der Waals surface area contributed by atoms with E-state index in [0.29, 0.717) is 0 Å². The van der Waals surface area contributed by atoms with Crippen molar-refractivity contribution in [3.63, 3.8) is 0 Å². The van der Waals surface area contributed by atoms with Gasteiger partial charge < -0.3 is 4.57 Å². The first kappa shape index (κ1) is 10.6. The Hall–Kier alpha value is -0.540. The van der Waals surface area contributed by atoms with E-state index >= 15 is 0 Å². The average molecular weight is 341 g/mol. The molecule has 1 aromatic heterocycles. The Morgan fingerprint density at radius 3 is 2.81 bits per heavy atom. The van der Waals surface area contributed by atoms with Gasteiger partial charge in [-0.15, -0.1) is 0 Å². The molecule has 0 N–H and O–H groups in total. The smallest absolute Gasteiger partial charge is 0.103 e. The van der Waals surface area contributed by atoms with Gasteiger partial charge in [0.2, 0.25) is 0 Å². The van der Waals surface area contributed by atoms with Gasteiger partial charge in [-0.25, -0.2) is 0 Å². The first-order valence-electron chi connectivity index (χ1n) is 5.23. The Labute approximate surface area is 111 Å². The number of rotatable bonds is 0. The monoisotopic (exact) mass is 339 g/mol. The van der Waals surface area contributed by atoms with Gasteiger partial charge in [0.15, 0.2) is 0 Å². The second kappa shape index (κ2) is 3.47. The third-order valence-electron chi connectivity index (χ3n) is 3.12. The van der Waals surface area contributed by atoms with Gasteiger partial charge in [-0.05, 0) is 18.6 Å². The molecule has 0 saturated carbocycles. The highest BCUT2D eigenvalue weighted by atomic mass is 79.9. The number of aromatic nitrogens is 1. The van der Waals surface area contributed by atoms with Crippen LogP contribution in [0.3, 0.4) is 0 Å². The zero-order chi connectivity index (χ0) is 11.3. The highest BCUT2D eigenvalue weighted by Crippen LogP contribution is 2.33. The standard InChI is InChI=1S/C13H11Br2N/c1-16-11-5-3-2-4-9(11)10-8-13(14,15)7-6-12(10)16/h2-6,8H,7H2,1H3. The van der Waals surface area contributed by atoms with Gasteiger partial charge in [0, 0.05) is 28.5 Å². The Balaban J connectivity index is 2.57. The summed E-state index contributed by atoms with van der Waals surface area (Å²) in [6.07, 6.45) is 5.49. The quantitative estimate of drug-likeness (QED) is 0.650.